The first-order chi connectivity index (χ1) is 10.6. The van der Waals surface area contributed by atoms with Gasteiger partial charge in [0.15, 0.2) is 0 Å². The molecule has 0 spiro atoms. The average molecular weight is 315 g/mol. The molecule has 0 unspecified atom stereocenters. The maximum absolute atomic E-state index is 9.96. The maximum atomic E-state index is 9.96. The van der Waals surface area contributed by atoms with Crippen LogP contribution in [0.1, 0.15) is 5.69 Å². The van der Waals surface area contributed by atoms with Crippen molar-refractivity contribution in [1.29, 1.82) is 0 Å². The molecule has 0 aliphatic rings. The molecular formula is C17H15ClN2O2. The Morgan fingerprint density at radius 3 is 2.68 bits per heavy atom. The number of halogens is 1. The lowest BCUT2D eigenvalue weighted by Gasteiger charge is -2.13. The summed E-state index contributed by atoms with van der Waals surface area (Å²) in [6.45, 7) is 1.92. The smallest absolute Gasteiger partial charge is 0.139 e. The number of hydrogen-bond acceptors (Lipinski definition) is 4. The topological polar surface area (TPSA) is 54.4 Å². The highest BCUT2D eigenvalue weighted by molar-refractivity contribution is 6.31. The number of methoxy groups -OCH3 is 1. The van der Waals surface area contributed by atoms with Crippen molar-refractivity contribution < 1.29 is 9.84 Å². The Kier molecular flexibility index (Phi) is 3.77. The summed E-state index contributed by atoms with van der Waals surface area (Å²) in [5.41, 5.74) is 3.09. The lowest BCUT2D eigenvalue weighted by atomic mass is 10.1. The van der Waals surface area contributed by atoms with Crippen molar-refractivity contribution in [3.8, 4) is 11.5 Å². The number of aromatic nitrogens is 1. The van der Waals surface area contributed by atoms with E-state index in [1.54, 1.807) is 25.3 Å². The van der Waals surface area contributed by atoms with E-state index < -0.39 is 0 Å². The van der Waals surface area contributed by atoms with Gasteiger partial charge in [-0.25, -0.2) is 0 Å². The molecule has 0 radical (unpaired) electrons. The van der Waals surface area contributed by atoms with Gasteiger partial charge in [0.25, 0.3) is 0 Å². The summed E-state index contributed by atoms with van der Waals surface area (Å²) in [6, 6.07) is 12.5. The standard InChI is InChI=1S/C17H15ClN2O2/c1-10-7-14(20-16-8-11(18)3-6-17(16)21)13-5-4-12(22-2)9-15(13)19-10/h3-9,21H,1-2H3,(H,19,20). The number of rotatable bonds is 3. The zero-order valence-corrected chi connectivity index (χ0v) is 13.0. The monoisotopic (exact) mass is 314 g/mol. The number of ether oxygens (including phenoxy) is 1. The second kappa shape index (κ2) is 5.73. The highest BCUT2D eigenvalue weighted by Crippen LogP contribution is 2.33. The third-order valence-corrected chi connectivity index (χ3v) is 3.61. The molecule has 0 aliphatic heterocycles. The molecule has 1 heterocycles. The zero-order valence-electron chi connectivity index (χ0n) is 12.2. The molecular weight excluding hydrogens is 300 g/mol. The van der Waals surface area contributed by atoms with E-state index in [0.29, 0.717) is 10.7 Å². The van der Waals surface area contributed by atoms with Crippen LogP contribution in [0.25, 0.3) is 10.9 Å². The van der Waals surface area contributed by atoms with E-state index in [-0.39, 0.29) is 5.75 Å². The number of fused-ring (bicyclic) bond motifs is 1. The number of phenols is 1. The van der Waals surface area contributed by atoms with Crippen LogP contribution in [-0.2, 0) is 0 Å². The Morgan fingerprint density at radius 1 is 1.09 bits per heavy atom. The van der Waals surface area contributed by atoms with Crippen LogP contribution in [0.3, 0.4) is 0 Å². The van der Waals surface area contributed by atoms with Gasteiger partial charge in [0.05, 0.1) is 18.3 Å². The molecule has 5 heteroatoms. The summed E-state index contributed by atoms with van der Waals surface area (Å²) in [5, 5.41) is 14.7. The van der Waals surface area contributed by atoms with Crippen LogP contribution in [0.4, 0.5) is 11.4 Å². The molecule has 0 aliphatic carbocycles. The van der Waals surface area contributed by atoms with Gasteiger partial charge in [-0.2, -0.15) is 0 Å². The number of nitrogens with zero attached hydrogens (tertiary/aromatic N) is 1. The fourth-order valence-electron chi connectivity index (χ4n) is 2.32. The van der Waals surface area contributed by atoms with E-state index in [1.807, 2.05) is 31.2 Å². The van der Waals surface area contributed by atoms with E-state index in [1.165, 1.54) is 0 Å². The highest BCUT2D eigenvalue weighted by Gasteiger charge is 2.08. The summed E-state index contributed by atoms with van der Waals surface area (Å²) in [5.74, 6) is 0.891. The van der Waals surface area contributed by atoms with Crippen molar-refractivity contribution in [2.75, 3.05) is 12.4 Å². The molecule has 3 rings (SSSR count). The Bertz CT molecular complexity index is 849. The predicted octanol–water partition coefficient (Wildman–Crippen LogP) is 4.65. The lowest BCUT2D eigenvalue weighted by Crippen LogP contribution is -1.95. The van der Waals surface area contributed by atoms with Crippen LogP contribution in [0, 0.1) is 6.92 Å². The summed E-state index contributed by atoms with van der Waals surface area (Å²) in [4.78, 5) is 4.52. The number of pyridine rings is 1. The van der Waals surface area contributed by atoms with Crippen molar-refractivity contribution in [1.82, 2.24) is 4.98 Å². The lowest BCUT2D eigenvalue weighted by molar-refractivity contribution is 0.415. The predicted molar refractivity (Wildman–Crippen MR) is 89.4 cm³/mol. The Labute approximate surface area is 133 Å². The normalized spacial score (nSPS) is 10.7. The molecule has 0 fully saturated rings. The first kappa shape index (κ1) is 14.5. The third kappa shape index (κ3) is 2.78. The SMILES string of the molecule is COc1ccc2c(Nc3cc(Cl)ccc3O)cc(C)nc2c1. The van der Waals surface area contributed by atoms with E-state index in [2.05, 4.69) is 10.3 Å². The van der Waals surface area contributed by atoms with Crippen LogP contribution in [0.5, 0.6) is 11.5 Å². The first-order valence-corrected chi connectivity index (χ1v) is 7.15. The van der Waals surface area contributed by atoms with E-state index >= 15 is 0 Å². The Hall–Kier alpha value is -2.46. The fourth-order valence-corrected chi connectivity index (χ4v) is 2.50. The van der Waals surface area contributed by atoms with Gasteiger partial charge in [0.2, 0.25) is 0 Å². The molecule has 0 amide bonds. The van der Waals surface area contributed by atoms with Crippen molar-refractivity contribution in [2.45, 2.75) is 6.92 Å². The molecule has 1 aromatic heterocycles. The van der Waals surface area contributed by atoms with Gasteiger partial charge in [-0.05, 0) is 43.3 Å². The van der Waals surface area contributed by atoms with Crippen molar-refractivity contribution in [2.24, 2.45) is 0 Å². The number of benzene rings is 2. The average Bonchev–Trinajstić information content (AvgIpc) is 2.50. The van der Waals surface area contributed by atoms with Gasteiger partial charge < -0.3 is 15.2 Å². The number of phenolic OH excluding ortho intramolecular Hbond substituents is 1. The second-order valence-electron chi connectivity index (χ2n) is 4.98. The Morgan fingerprint density at radius 2 is 1.91 bits per heavy atom. The quantitative estimate of drug-likeness (QED) is 0.691. The molecule has 0 atom stereocenters. The van der Waals surface area contributed by atoms with Crippen LogP contribution in [0.2, 0.25) is 5.02 Å². The molecule has 0 bridgehead atoms. The minimum atomic E-state index is 0.139. The minimum absolute atomic E-state index is 0.139. The molecule has 4 nitrogen and oxygen atoms in total. The van der Waals surface area contributed by atoms with Crippen LogP contribution >= 0.6 is 11.6 Å². The van der Waals surface area contributed by atoms with Gasteiger partial charge in [-0.1, -0.05) is 11.6 Å². The maximum Gasteiger partial charge on any atom is 0.139 e. The highest BCUT2D eigenvalue weighted by atomic mass is 35.5. The molecule has 0 saturated heterocycles. The summed E-state index contributed by atoms with van der Waals surface area (Å²) in [7, 11) is 1.63. The molecule has 2 aromatic carbocycles. The van der Waals surface area contributed by atoms with Crippen LogP contribution in [0.15, 0.2) is 42.5 Å². The molecule has 22 heavy (non-hydrogen) atoms. The number of anilines is 2. The number of nitrogens with one attached hydrogen (secondary N) is 1. The van der Waals surface area contributed by atoms with E-state index in [0.717, 1.165) is 28.0 Å². The summed E-state index contributed by atoms with van der Waals surface area (Å²) in [6.07, 6.45) is 0. The summed E-state index contributed by atoms with van der Waals surface area (Å²) < 4.78 is 5.24. The minimum Gasteiger partial charge on any atom is -0.506 e. The summed E-state index contributed by atoms with van der Waals surface area (Å²) >= 11 is 5.99. The number of aromatic hydroxyl groups is 1. The van der Waals surface area contributed by atoms with Gasteiger partial charge >= 0.3 is 0 Å². The molecule has 0 saturated carbocycles. The van der Waals surface area contributed by atoms with Crippen molar-refractivity contribution in [3.05, 3.63) is 53.2 Å². The second-order valence-corrected chi connectivity index (χ2v) is 5.42. The number of aryl methyl sites for hydroxylation is 1. The van der Waals surface area contributed by atoms with E-state index in [9.17, 15) is 5.11 Å². The van der Waals surface area contributed by atoms with Crippen LogP contribution in [-0.4, -0.2) is 17.2 Å². The first-order valence-electron chi connectivity index (χ1n) is 6.78. The molecule has 3 aromatic rings. The van der Waals surface area contributed by atoms with Crippen LogP contribution < -0.4 is 10.1 Å². The third-order valence-electron chi connectivity index (χ3n) is 3.37. The Balaban J connectivity index is 2.12. The fraction of sp³-hybridized carbons (Fsp3) is 0.118. The molecule has 2 N–H and O–H groups in total. The van der Waals surface area contributed by atoms with Gasteiger partial charge in [-0.3, -0.25) is 4.98 Å². The molecule has 112 valence electrons. The number of hydrogen-bond donors (Lipinski definition) is 2. The van der Waals surface area contributed by atoms with Gasteiger partial charge in [0, 0.05) is 27.9 Å². The zero-order chi connectivity index (χ0) is 15.7. The van der Waals surface area contributed by atoms with E-state index in [4.69, 9.17) is 16.3 Å². The van der Waals surface area contributed by atoms with Gasteiger partial charge in [0.1, 0.15) is 11.5 Å². The van der Waals surface area contributed by atoms with Crippen molar-refractivity contribution in [3.63, 3.8) is 0 Å². The largest absolute Gasteiger partial charge is 0.506 e. The van der Waals surface area contributed by atoms with Crippen molar-refractivity contribution >= 4 is 33.9 Å². The van der Waals surface area contributed by atoms with Gasteiger partial charge in [-0.15, -0.1) is 0 Å².